The first kappa shape index (κ1) is 14.8. The van der Waals surface area contributed by atoms with Crippen molar-refractivity contribution in [1.82, 2.24) is 0 Å². The van der Waals surface area contributed by atoms with E-state index in [9.17, 15) is 4.79 Å². The Morgan fingerprint density at radius 3 is 2.29 bits per heavy atom. The van der Waals surface area contributed by atoms with Crippen LogP contribution in [0.5, 0.6) is 5.75 Å². The normalized spacial score (nSPS) is 12.1. The summed E-state index contributed by atoms with van der Waals surface area (Å²) in [7, 11) is 2.98. The molecular weight excluding hydrogens is 266 g/mol. The van der Waals surface area contributed by atoms with Crippen molar-refractivity contribution in [3.8, 4) is 5.75 Å². The van der Waals surface area contributed by atoms with Gasteiger partial charge >= 0.3 is 5.97 Å². The minimum atomic E-state index is -0.654. The van der Waals surface area contributed by atoms with Gasteiger partial charge in [0.2, 0.25) is 0 Å². The predicted octanol–water partition coefficient (Wildman–Crippen LogP) is 3.03. The maximum atomic E-state index is 11.9. The number of methoxy groups -OCH3 is 2. The summed E-state index contributed by atoms with van der Waals surface area (Å²) in [6.07, 6.45) is 1.66. The Kier molecular flexibility index (Phi) is 5.10. The number of nitrogens with zero attached hydrogens (tertiary/aromatic N) is 1. The lowest BCUT2D eigenvalue weighted by atomic mass is 10.1. The molecule has 0 saturated heterocycles. The van der Waals surface area contributed by atoms with Crippen LogP contribution in [0.4, 0.5) is 0 Å². The number of hydrogen-bond donors (Lipinski definition) is 0. The summed E-state index contributed by atoms with van der Waals surface area (Å²) in [5, 5.41) is 0. The van der Waals surface area contributed by atoms with Gasteiger partial charge in [0, 0.05) is 6.21 Å². The molecule has 0 aliphatic rings. The number of benzene rings is 2. The van der Waals surface area contributed by atoms with E-state index < -0.39 is 6.04 Å². The van der Waals surface area contributed by atoms with Gasteiger partial charge < -0.3 is 9.47 Å². The molecule has 0 spiro atoms. The van der Waals surface area contributed by atoms with Crippen LogP contribution in [0.15, 0.2) is 59.6 Å². The van der Waals surface area contributed by atoms with Crippen LogP contribution in [0, 0.1) is 0 Å². The van der Waals surface area contributed by atoms with Crippen molar-refractivity contribution in [1.29, 1.82) is 0 Å². The molecule has 0 bridgehead atoms. The van der Waals surface area contributed by atoms with Crippen molar-refractivity contribution in [2.75, 3.05) is 14.2 Å². The fourth-order valence-corrected chi connectivity index (χ4v) is 1.88. The van der Waals surface area contributed by atoms with Crippen LogP contribution in [-0.4, -0.2) is 26.4 Å². The van der Waals surface area contributed by atoms with Gasteiger partial charge in [-0.25, -0.2) is 4.79 Å². The molecule has 1 atom stereocenters. The molecule has 2 aromatic rings. The van der Waals surface area contributed by atoms with E-state index in [1.165, 1.54) is 7.11 Å². The SMILES string of the molecule is COC(=O)C(N=Cc1ccc(OC)cc1)c1ccccc1. The topological polar surface area (TPSA) is 47.9 Å². The number of esters is 1. The molecule has 0 amide bonds. The molecule has 4 nitrogen and oxygen atoms in total. The van der Waals surface area contributed by atoms with Gasteiger partial charge in [0.25, 0.3) is 0 Å². The number of hydrogen-bond acceptors (Lipinski definition) is 4. The molecule has 2 aromatic carbocycles. The van der Waals surface area contributed by atoms with Gasteiger partial charge in [-0.2, -0.15) is 0 Å². The molecule has 0 radical (unpaired) electrons. The summed E-state index contributed by atoms with van der Waals surface area (Å²) in [6, 6.07) is 16.1. The Morgan fingerprint density at radius 1 is 1.05 bits per heavy atom. The molecule has 0 aromatic heterocycles. The lowest BCUT2D eigenvalue weighted by Gasteiger charge is -2.10. The van der Waals surface area contributed by atoms with Gasteiger partial charge in [-0.3, -0.25) is 4.99 Å². The first-order valence-corrected chi connectivity index (χ1v) is 6.54. The molecule has 21 heavy (non-hydrogen) atoms. The number of carbonyl (C=O) groups excluding carboxylic acids is 1. The largest absolute Gasteiger partial charge is 0.497 e. The summed E-state index contributed by atoms with van der Waals surface area (Å²) in [6.45, 7) is 0. The highest BCUT2D eigenvalue weighted by molar-refractivity contribution is 5.84. The molecule has 0 aliphatic carbocycles. The zero-order chi connectivity index (χ0) is 15.1. The summed E-state index contributed by atoms with van der Waals surface area (Å²) < 4.78 is 9.92. The first-order valence-electron chi connectivity index (χ1n) is 6.54. The average Bonchev–Trinajstić information content (AvgIpc) is 2.56. The minimum absolute atomic E-state index is 0.383. The molecule has 4 heteroatoms. The Balaban J connectivity index is 2.22. The second kappa shape index (κ2) is 7.24. The fraction of sp³-hybridized carbons (Fsp3) is 0.176. The smallest absolute Gasteiger partial charge is 0.335 e. The highest BCUT2D eigenvalue weighted by atomic mass is 16.5. The van der Waals surface area contributed by atoms with Crippen LogP contribution in [0.1, 0.15) is 17.2 Å². The Bertz CT molecular complexity index is 606. The van der Waals surface area contributed by atoms with Crippen molar-refractivity contribution in [3.63, 3.8) is 0 Å². The zero-order valence-corrected chi connectivity index (χ0v) is 12.0. The van der Waals surface area contributed by atoms with E-state index in [2.05, 4.69) is 4.99 Å². The second-order valence-corrected chi connectivity index (χ2v) is 4.39. The highest BCUT2D eigenvalue weighted by Crippen LogP contribution is 2.19. The van der Waals surface area contributed by atoms with Gasteiger partial charge in [-0.15, -0.1) is 0 Å². The van der Waals surface area contributed by atoms with Crippen molar-refractivity contribution < 1.29 is 14.3 Å². The van der Waals surface area contributed by atoms with E-state index >= 15 is 0 Å². The molecule has 0 saturated carbocycles. The molecule has 108 valence electrons. The fourth-order valence-electron chi connectivity index (χ4n) is 1.88. The average molecular weight is 283 g/mol. The molecule has 0 aliphatic heterocycles. The zero-order valence-electron chi connectivity index (χ0n) is 12.0. The van der Waals surface area contributed by atoms with E-state index in [1.54, 1.807) is 13.3 Å². The standard InChI is InChI=1S/C17H17NO3/c1-20-15-10-8-13(9-11-15)12-18-16(17(19)21-2)14-6-4-3-5-7-14/h3-12,16H,1-2H3. The lowest BCUT2D eigenvalue weighted by Crippen LogP contribution is -2.12. The van der Waals surface area contributed by atoms with Crippen molar-refractivity contribution >= 4 is 12.2 Å². The Labute approximate surface area is 124 Å². The third-order valence-electron chi connectivity index (χ3n) is 3.03. The third-order valence-corrected chi connectivity index (χ3v) is 3.03. The van der Waals surface area contributed by atoms with Crippen LogP contribution in [0.25, 0.3) is 0 Å². The minimum Gasteiger partial charge on any atom is -0.497 e. The molecule has 1 unspecified atom stereocenters. The van der Waals surface area contributed by atoms with E-state index in [0.717, 1.165) is 16.9 Å². The van der Waals surface area contributed by atoms with E-state index in [-0.39, 0.29) is 5.97 Å². The summed E-state index contributed by atoms with van der Waals surface area (Å²) in [4.78, 5) is 16.2. The van der Waals surface area contributed by atoms with Crippen LogP contribution in [-0.2, 0) is 9.53 Å². The third kappa shape index (κ3) is 3.92. The first-order chi connectivity index (χ1) is 10.2. The predicted molar refractivity (Wildman–Crippen MR) is 81.8 cm³/mol. The van der Waals surface area contributed by atoms with E-state index in [4.69, 9.17) is 9.47 Å². The Morgan fingerprint density at radius 2 is 1.71 bits per heavy atom. The molecule has 2 rings (SSSR count). The number of aliphatic imine (C=N–C) groups is 1. The van der Waals surface area contributed by atoms with Crippen LogP contribution in [0.3, 0.4) is 0 Å². The van der Waals surface area contributed by atoms with E-state index in [0.29, 0.717) is 0 Å². The van der Waals surface area contributed by atoms with Gasteiger partial charge in [-0.1, -0.05) is 30.3 Å². The van der Waals surface area contributed by atoms with Gasteiger partial charge in [0.1, 0.15) is 5.75 Å². The molecule has 0 N–H and O–H groups in total. The molecule has 0 heterocycles. The van der Waals surface area contributed by atoms with E-state index in [1.807, 2.05) is 54.6 Å². The monoisotopic (exact) mass is 283 g/mol. The Hall–Kier alpha value is -2.62. The van der Waals surface area contributed by atoms with Crippen LogP contribution in [0.2, 0.25) is 0 Å². The van der Waals surface area contributed by atoms with Gasteiger partial charge in [-0.05, 0) is 35.4 Å². The number of ether oxygens (including phenoxy) is 2. The maximum Gasteiger partial charge on any atom is 0.335 e. The lowest BCUT2D eigenvalue weighted by molar-refractivity contribution is -0.142. The van der Waals surface area contributed by atoms with Crippen LogP contribution < -0.4 is 4.74 Å². The highest BCUT2D eigenvalue weighted by Gasteiger charge is 2.19. The van der Waals surface area contributed by atoms with Crippen molar-refractivity contribution in [2.45, 2.75) is 6.04 Å². The summed E-state index contributed by atoms with van der Waals surface area (Å²) >= 11 is 0. The summed E-state index contributed by atoms with van der Waals surface area (Å²) in [5.74, 6) is 0.394. The second-order valence-electron chi connectivity index (χ2n) is 4.39. The van der Waals surface area contributed by atoms with Gasteiger partial charge in [0.05, 0.1) is 14.2 Å². The summed E-state index contributed by atoms with van der Waals surface area (Å²) in [5.41, 5.74) is 1.69. The van der Waals surface area contributed by atoms with Gasteiger partial charge in [0.15, 0.2) is 6.04 Å². The number of rotatable bonds is 5. The molecular formula is C17H17NO3. The quantitative estimate of drug-likeness (QED) is 0.626. The van der Waals surface area contributed by atoms with Crippen molar-refractivity contribution in [3.05, 3.63) is 65.7 Å². The van der Waals surface area contributed by atoms with Crippen molar-refractivity contribution in [2.24, 2.45) is 4.99 Å². The number of carbonyl (C=O) groups is 1. The van der Waals surface area contributed by atoms with Crippen LogP contribution >= 0.6 is 0 Å². The maximum absolute atomic E-state index is 11.9. The molecule has 0 fully saturated rings.